The van der Waals surface area contributed by atoms with Gasteiger partial charge in [-0.05, 0) is 42.9 Å². The fraction of sp³-hybridized carbons (Fsp3) is 0.667. The van der Waals surface area contributed by atoms with Gasteiger partial charge in [0.15, 0.2) is 0 Å². The van der Waals surface area contributed by atoms with Crippen LogP contribution in [-0.4, -0.2) is 17.7 Å². The van der Waals surface area contributed by atoms with Crippen LogP contribution in [0.25, 0.3) is 0 Å². The zero-order chi connectivity index (χ0) is 15.1. The molecule has 0 aliphatic heterocycles. The van der Waals surface area contributed by atoms with Crippen molar-refractivity contribution in [2.45, 2.75) is 66.0 Å². The molecule has 0 saturated carbocycles. The SMILES string of the molecule is CCC(O)c1ccc(N(CC(C)C)C(CC)CC)cc1. The molecule has 0 aliphatic rings. The van der Waals surface area contributed by atoms with Gasteiger partial charge in [-0.1, -0.05) is 46.8 Å². The van der Waals surface area contributed by atoms with Crippen LogP contribution >= 0.6 is 0 Å². The third-order valence-corrected chi connectivity index (χ3v) is 3.94. The van der Waals surface area contributed by atoms with Crippen molar-refractivity contribution < 1.29 is 5.11 Å². The summed E-state index contributed by atoms with van der Waals surface area (Å²) in [6.07, 6.45) is 2.77. The summed E-state index contributed by atoms with van der Waals surface area (Å²) in [5, 5.41) is 9.89. The average molecular weight is 277 g/mol. The second-order valence-electron chi connectivity index (χ2n) is 6.03. The fourth-order valence-corrected chi connectivity index (χ4v) is 2.71. The molecule has 1 unspecified atom stereocenters. The minimum Gasteiger partial charge on any atom is -0.388 e. The first-order chi connectivity index (χ1) is 9.53. The lowest BCUT2D eigenvalue weighted by molar-refractivity contribution is 0.173. The summed E-state index contributed by atoms with van der Waals surface area (Å²) in [7, 11) is 0. The number of benzene rings is 1. The Morgan fingerprint density at radius 3 is 1.90 bits per heavy atom. The van der Waals surface area contributed by atoms with Crippen molar-refractivity contribution in [3.05, 3.63) is 29.8 Å². The fourth-order valence-electron chi connectivity index (χ4n) is 2.71. The minimum atomic E-state index is -0.337. The Kier molecular flexibility index (Phi) is 7.08. The maximum Gasteiger partial charge on any atom is 0.0787 e. The summed E-state index contributed by atoms with van der Waals surface area (Å²) in [5.41, 5.74) is 2.30. The maximum absolute atomic E-state index is 9.89. The molecule has 0 aromatic heterocycles. The van der Waals surface area contributed by atoms with Crippen LogP contribution in [0.4, 0.5) is 5.69 Å². The molecule has 114 valence electrons. The van der Waals surface area contributed by atoms with Gasteiger partial charge >= 0.3 is 0 Å². The van der Waals surface area contributed by atoms with Crippen molar-refractivity contribution in [1.29, 1.82) is 0 Å². The Labute approximate surface area is 124 Å². The Morgan fingerprint density at radius 1 is 0.950 bits per heavy atom. The lowest BCUT2D eigenvalue weighted by Gasteiger charge is -2.34. The third-order valence-electron chi connectivity index (χ3n) is 3.94. The number of aliphatic hydroxyl groups excluding tert-OH is 1. The smallest absolute Gasteiger partial charge is 0.0787 e. The average Bonchev–Trinajstić information content (AvgIpc) is 2.46. The van der Waals surface area contributed by atoms with Crippen LogP contribution in [-0.2, 0) is 0 Å². The molecular weight excluding hydrogens is 246 g/mol. The lowest BCUT2D eigenvalue weighted by atomic mass is 10.0. The number of hydrogen-bond acceptors (Lipinski definition) is 2. The Hall–Kier alpha value is -1.02. The Morgan fingerprint density at radius 2 is 1.50 bits per heavy atom. The third kappa shape index (κ3) is 4.52. The van der Waals surface area contributed by atoms with Crippen LogP contribution in [0.5, 0.6) is 0 Å². The molecule has 1 atom stereocenters. The standard InChI is InChI=1S/C18H31NO/c1-6-16(7-2)19(13-14(4)5)17-11-9-15(10-12-17)18(20)8-3/h9-12,14,16,18,20H,6-8,13H2,1-5H3. The van der Waals surface area contributed by atoms with Gasteiger partial charge in [0.1, 0.15) is 0 Å². The van der Waals surface area contributed by atoms with Crippen LogP contribution in [0, 0.1) is 5.92 Å². The van der Waals surface area contributed by atoms with Crippen molar-refractivity contribution in [3.8, 4) is 0 Å². The first-order valence-electron chi connectivity index (χ1n) is 8.08. The number of aliphatic hydroxyl groups is 1. The summed E-state index contributed by atoms with van der Waals surface area (Å²) in [4.78, 5) is 2.52. The number of nitrogens with zero attached hydrogens (tertiary/aromatic N) is 1. The van der Waals surface area contributed by atoms with Crippen LogP contribution in [0.2, 0.25) is 0 Å². The molecule has 0 bridgehead atoms. The molecule has 0 aliphatic carbocycles. The minimum absolute atomic E-state index is 0.337. The second-order valence-corrected chi connectivity index (χ2v) is 6.03. The molecular formula is C18H31NO. The van der Waals surface area contributed by atoms with E-state index in [4.69, 9.17) is 0 Å². The lowest BCUT2D eigenvalue weighted by Crippen LogP contribution is -2.37. The molecule has 0 saturated heterocycles. The van der Waals surface area contributed by atoms with Gasteiger partial charge in [-0.2, -0.15) is 0 Å². The van der Waals surface area contributed by atoms with E-state index in [9.17, 15) is 5.11 Å². The molecule has 1 rings (SSSR count). The van der Waals surface area contributed by atoms with Gasteiger partial charge in [0.2, 0.25) is 0 Å². The van der Waals surface area contributed by atoms with Gasteiger partial charge in [-0.15, -0.1) is 0 Å². The predicted molar refractivity (Wildman–Crippen MR) is 88.2 cm³/mol. The molecule has 0 heterocycles. The van der Waals surface area contributed by atoms with E-state index in [1.54, 1.807) is 0 Å². The number of hydrogen-bond donors (Lipinski definition) is 1. The zero-order valence-electron chi connectivity index (χ0n) is 13.8. The molecule has 0 radical (unpaired) electrons. The van der Waals surface area contributed by atoms with Crippen LogP contribution < -0.4 is 4.90 Å². The first kappa shape index (κ1) is 17.0. The van der Waals surface area contributed by atoms with Crippen molar-refractivity contribution in [2.75, 3.05) is 11.4 Å². The summed E-state index contributed by atoms with van der Waals surface area (Å²) in [5.74, 6) is 0.650. The normalized spacial score (nSPS) is 13.0. The first-order valence-corrected chi connectivity index (χ1v) is 8.08. The highest BCUT2D eigenvalue weighted by Gasteiger charge is 2.17. The van der Waals surface area contributed by atoms with Crippen molar-refractivity contribution in [1.82, 2.24) is 0 Å². The summed E-state index contributed by atoms with van der Waals surface area (Å²) in [6, 6.07) is 9.06. The number of anilines is 1. The second kappa shape index (κ2) is 8.31. The highest BCUT2D eigenvalue weighted by molar-refractivity contribution is 5.49. The molecule has 2 heteroatoms. The van der Waals surface area contributed by atoms with E-state index >= 15 is 0 Å². The molecule has 0 fully saturated rings. The van der Waals surface area contributed by atoms with Crippen LogP contribution in [0.3, 0.4) is 0 Å². The zero-order valence-corrected chi connectivity index (χ0v) is 13.8. The molecule has 1 aromatic carbocycles. The van der Waals surface area contributed by atoms with Gasteiger partial charge in [0.05, 0.1) is 6.10 Å². The van der Waals surface area contributed by atoms with Crippen molar-refractivity contribution in [3.63, 3.8) is 0 Å². The largest absolute Gasteiger partial charge is 0.388 e. The number of rotatable bonds is 8. The van der Waals surface area contributed by atoms with Gasteiger partial charge in [-0.3, -0.25) is 0 Å². The maximum atomic E-state index is 9.89. The van der Waals surface area contributed by atoms with Crippen molar-refractivity contribution in [2.24, 2.45) is 5.92 Å². The Balaban J connectivity index is 2.95. The summed E-state index contributed by atoms with van der Waals surface area (Å²) in [6.45, 7) is 12.2. The van der Waals surface area contributed by atoms with Crippen LogP contribution in [0.1, 0.15) is 65.5 Å². The summed E-state index contributed by atoms with van der Waals surface area (Å²) >= 11 is 0. The highest BCUT2D eigenvalue weighted by Crippen LogP contribution is 2.25. The quantitative estimate of drug-likeness (QED) is 0.739. The van der Waals surface area contributed by atoms with E-state index < -0.39 is 0 Å². The van der Waals surface area contributed by atoms with E-state index in [0.717, 1.165) is 18.5 Å². The van der Waals surface area contributed by atoms with Gasteiger partial charge in [0, 0.05) is 18.3 Å². The van der Waals surface area contributed by atoms with Crippen molar-refractivity contribution >= 4 is 5.69 Å². The molecule has 2 nitrogen and oxygen atoms in total. The molecule has 1 N–H and O–H groups in total. The van der Waals surface area contributed by atoms with E-state index in [1.807, 2.05) is 6.92 Å². The topological polar surface area (TPSA) is 23.5 Å². The highest BCUT2D eigenvalue weighted by atomic mass is 16.3. The monoisotopic (exact) mass is 277 g/mol. The van der Waals surface area contributed by atoms with Gasteiger partial charge < -0.3 is 10.0 Å². The molecule has 1 aromatic rings. The van der Waals surface area contributed by atoms with E-state index in [1.165, 1.54) is 18.5 Å². The predicted octanol–water partition coefficient (Wildman–Crippen LogP) is 4.78. The van der Waals surface area contributed by atoms with Gasteiger partial charge in [0.25, 0.3) is 0 Å². The molecule has 20 heavy (non-hydrogen) atoms. The van der Waals surface area contributed by atoms with E-state index in [0.29, 0.717) is 12.0 Å². The Bertz CT molecular complexity index is 368. The van der Waals surface area contributed by atoms with Gasteiger partial charge in [-0.25, -0.2) is 0 Å². The summed E-state index contributed by atoms with van der Waals surface area (Å²) < 4.78 is 0. The molecule has 0 amide bonds. The van der Waals surface area contributed by atoms with Crippen LogP contribution in [0.15, 0.2) is 24.3 Å². The molecule has 0 spiro atoms. The van der Waals surface area contributed by atoms with E-state index in [-0.39, 0.29) is 6.10 Å². The van der Waals surface area contributed by atoms with E-state index in [2.05, 4.69) is 56.9 Å².